The summed E-state index contributed by atoms with van der Waals surface area (Å²) in [6.45, 7) is 1.74. The third kappa shape index (κ3) is 5.38. The van der Waals surface area contributed by atoms with Crippen LogP contribution in [0.5, 0.6) is 0 Å². The van der Waals surface area contributed by atoms with E-state index in [0.717, 1.165) is 31.4 Å². The molecule has 180 valence electrons. The largest absolute Gasteiger partial charge is 0.332 e. The molecule has 3 rings (SSSR count). The maximum atomic E-state index is 13.9. The van der Waals surface area contributed by atoms with Crippen molar-refractivity contribution in [2.24, 2.45) is 0 Å². The summed E-state index contributed by atoms with van der Waals surface area (Å²) in [7, 11) is -4.49. The fourth-order valence-electron chi connectivity index (χ4n) is 3.86. The number of sulfonamides is 1. The summed E-state index contributed by atoms with van der Waals surface area (Å²) in [6.07, 6.45) is 3.76. The Kier molecular flexibility index (Phi) is 7.50. The van der Waals surface area contributed by atoms with Gasteiger partial charge in [0.2, 0.25) is 0 Å². The Balaban J connectivity index is 2.01. The number of piperidine rings is 1. The van der Waals surface area contributed by atoms with Crippen molar-refractivity contribution in [2.75, 3.05) is 11.4 Å². The Hall–Kier alpha value is -2.04. The number of rotatable bonds is 6. The van der Waals surface area contributed by atoms with Gasteiger partial charge in [0.1, 0.15) is 0 Å². The van der Waals surface area contributed by atoms with Gasteiger partial charge in [-0.3, -0.25) is 9.52 Å². The van der Waals surface area contributed by atoms with Crippen LogP contribution in [-0.4, -0.2) is 43.0 Å². The van der Waals surface area contributed by atoms with Crippen molar-refractivity contribution in [1.82, 2.24) is 9.88 Å². The first-order valence-corrected chi connectivity index (χ1v) is 12.4. The van der Waals surface area contributed by atoms with E-state index in [9.17, 15) is 26.4 Å². The Morgan fingerprint density at radius 1 is 1.21 bits per heavy atom. The van der Waals surface area contributed by atoms with Gasteiger partial charge in [-0.15, -0.1) is 0 Å². The highest BCUT2D eigenvalue weighted by atomic mass is 35.5. The molecule has 0 spiro atoms. The zero-order valence-corrected chi connectivity index (χ0v) is 20.1. The lowest BCUT2D eigenvalue weighted by Crippen LogP contribution is -2.48. The molecular formula is C21H22Cl2F3N3O3S. The van der Waals surface area contributed by atoms with E-state index in [0.29, 0.717) is 6.07 Å². The number of alkyl halides is 3. The zero-order valence-electron chi connectivity index (χ0n) is 17.8. The number of pyridine rings is 1. The maximum absolute atomic E-state index is 13.9. The van der Waals surface area contributed by atoms with Crippen LogP contribution in [0.1, 0.15) is 49.2 Å². The van der Waals surface area contributed by atoms with Gasteiger partial charge >= 0.3 is 5.92 Å². The minimum atomic E-state index is -4.49. The number of nitrogens with one attached hydrogen (secondary N) is 1. The molecule has 1 N–H and O–H groups in total. The minimum absolute atomic E-state index is 0.0600. The molecule has 12 heteroatoms. The highest BCUT2D eigenvalue weighted by Gasteiger charge is 2.36. The molecule has 0 radical (unpaired) electrons. The van der Waals surface area contributed by atoms with Gasteiger partial charge in [-0.25, -0.2) is 17.8 Å². The lowest BCUT2D eigenvalue weighted by molar-refractivity contribution is -0.0281. The van der Waals surface area contributed by atoms with Crippen molar-refractivity contribution in [3.8, 4) is 0 Å². The number of halogens is 5. The number of carbonyl (C=O) groups is 1. The van der Waals surface area contributed by atoms with Crippen molar-refractivity contribution in [3.05, 3.63) is 51.8 Å². The van der Waals surface area contributed by atoms with Gasteiger partial charge in [0.05, 0.1) is 15.6 Å². The highest BCUT2D eigenvalue weighted by Crippen LogP contribution is 2.36. The minimum Gasteiger partial charge on any atom is -0.332 e. The van der Waals surface area contributed by atoms with Crippen molar-refractivity contribution in [3.63, 3.8) is 0 Å². The van der Waals surface area contributed by atoms with Crippen LogP contribution in [-0.2, 0) is 15.9 Å². The average molecular weight is 524 g/mol. The molecule has 2 atom stereocenters. The van der Waals surface area contributed by atoms with Gasteiger partial charge in [-0.1, -0.05) is 23.2 Å². The topological polar surface area (TPSA) is 79.4 Å². The van der Waals surface area contributed by atoms with E-state index in [1.54, 1.807) is 4.90 Å². The summed E-state index contributed by atoms with van der Waals surface area (Å²) in [4.78, 5) is 18.4. The number of anilines is 1. The molecule has 1 amide bonds. The van der Waals surface area contributed by atoms with E-state index in [1.807, 2.05) is 13.8 Å². The second-order valence-corrected chi connectivity index (χ2v) is 10.5. The van der Waals surface area contributed by atoms with Gasteiger partial charge in [0.15, 0.2) is 12.4 Å². The molecule has 1 saturated heterocycles. The molecule has 33 heavy (non-hydrogen) atoms. The number of amides is 1. The Labute approximate surface area is 200 Å². The summed E-state index contributed by atoms with van der Waals surface area (Å²) in [5, 5.41) is -0.422. The number of aromatic nitrogens is 1. The van der Waals surface area contributed by atoms with Gasteiger partial charge in [0.25, 0.3) is 15.9 Å². The molecule has 1 aromatic carbocycles. The van der Waals surface area contributed by atoms with Crippen LogP contribution >= 0.6 is 23.2 Å². The fourth-order valence-corrected chi connectivity index (χ4v) is 5.36. The molecule has 0 bridgehead atoms. The summed E-state index contributed by atoms with van der Waals surface area (Å²) in [5.41, 5.74) is -1.34. The van der Waals surface area contributed by atoms with Crippen LogP contribution < -0.4 is 4.72 Å². The lowest BCUT2D eigenvalue weighted by atomic mass is 9.97. The highest BCUT2D eigenvalue weighted by molar-refractivity contribution is 7.92. The van der Waals surface area contributed by atoms with Gasteiger partial charge < -0.3 is 4.90 Å². The van der Waals surface area contributed by atoms with Crippen LogP contribution in [0.3, 0.4) is 0 Å². The normalized spacial score (nSPS) is 19.4. The van der Waals surface area contributed by atoms with Crippen LogP contribution in [0, 0.1) is 0 Å². The molecule has 2 heterocycles. The number of hydrogen-bond acceptors (Lipinski definition) is 4. The van der Waals surface area contributed by atoms with E-state index >= 15 is 0 Å². The van der Waals surface area contributed by atoms with Crippen molar-refractivity contribution in [2.45, 2.75) is 56.0 Å². The Morgan fingerprint density at radius 2 is 1.85 bits per heavy atom. The summed E-state index contributed by atoms with van der Waals surface area (Å²) in [6, 6.07) is 3.59. The van der Waals surface area contributed by atoms with E-state index in [1.165, 1.54) is 12.3 Å². The molecule has 2 unspecified atom stereocenters. The summed E-state index contributed by atoms with van der Waals surface area (Å²) in [5.74, 6) is -4.45. The standard InChI is InChI=1S/C21H22Cl2F3N3O3S/c1-12-4-3-5-13(2)29(12)20(30)19-18(8-14(22)10-27-19)28-33(31,32)15-6-7-17(23)16(9-15)21(25,26)11-24/h6-10,12-13,28H,3-5,11H2,1-2H3. The Bertz CT molecular complexity index is 1150. The fraction of sp³-hybridized carbons (Fsp3) is 0.429. The third-order valence-electron chi connectivity index (χ3n) is 5.54. The third-order valence-corrected chi connectivity index (χ3v) is 7.44. The van der Waals surface area contributed by atoms with Gasteiger partial charge in [0, 0.05) is 28.9 Å². The summed E-state index contributed by atoms with van der Waals surface area (Å²) < 4.78 is 68.8. The summed E-state index contributed by atoms with van der Waals surface area (Å²) >= 11 is 11.7. The quantitative estimate of drug-likeness (QED) is 0.530. The predicted octanol–water partition coefficient (Wildman–Crippen LogP) is 5.65. The van der Waals surface area contributed by atoms with Crippen molar-refractivity contribution < 1.29 is 26.4 Å². The second kappa shape index (κ2) is 9.68. The zero-order chi connectivity index (χ0) is 24.6. The van der Waals surface area contributed by atoms with Gasteiger partial charge in [-0.05, 0) is 57.4 Å². The molecule has 1 aliphatic rings. The number of nitrogens with zero attached hydrogens (tertiary/aromatic N) is 2. The lowest BCUT2D eigenvalue weighted by Gasteiger charge is -2.39. The van der Waals surface area contributed by atoms with Crippen LogP contribution in [0.15, 0.2) is 35.4 Å². The molecule has 0 aliphatic carbocycles. The molecule has 1 aromatic heterocycles. The molecule has 0 saturated carbocycles. The molecule has 6 nitrogen and oxygen atoms in total. The van der Waals surface area contributed by atoms with E-state index in [4.69, 9.17) is 23.2 Å². The van der Waals surface area contributed by atoms with E-state index in [2.05, 4.69) is 9.71 Å². The first-order chi connectivity index (χ1) is 15.4. The second-order valence-electron chi connectivity index (χ2n) is 7.98. The van der Waals surface area contributed by atoms with E-state index < -0.39 is 44.0 Å². The molecular weight excluding hydrogens is 502 g/mol. The van der Waals surface area contributed by atoms with Crippen LogP contribution in [0.2, 0.25) is 10.0 Å². The monoisotopic (exact) mass is 523 g/mol. The predicted molar refractivity (Wildman–Crippen MR) is 120 cm³/mol. The number of benzene rings is 1. The number of likely N-dealkylation sites (tertiary alicyclic amines) is 1. The smallest absolute Gasteiger partial charge is 0.302 e. The molecule has 1 aliphatic heterocycles. The van der Waals surface area contributed by atoms with E-state index in [-0.39, 0.29) is 28.5 Å². The molecule has 1 fully saturated rings. The first-order valence-electron chi connectivity index (χ1n) is 10.1. The molecule has 2 aromatic rings. The first kappa shape index (κ1) is 25.6. The number of hydrogen-bond donors (Lipinski definition) is 1. The van der Waals surface area contributed by atoms with Crippen LogP contribution in [0.25, 0.3) is 0 Å². The SMILES string of the molecule is CC1CCCC(C)N1C(=O)c1ncc(Cl)cc1NS(=O)(=O)c1ccc(Cl)c(C(F)(F)CF)c1. The van der Waals surface area contributed by atoms with Crippen molar-refractivity contribution in [1.29, 1.82) is 0 Å². The van der Waals surface area contributed by atoms with Gasteiger partial charge in [-0.2, -0.15) is 8.78 Å². The van der Waals surface area contributed by atoms with Crippen molar-refractivity contribution >= 4 is 44.8 Å². The Morgan fingerprint density at radius 3 is 2.45 bits per heavy atom. The average Bonchev–Trinajstić information content (AvgIpc) is 2.73. The maximum Gasteiger partial charge on any atom is 0.302 e. The van der Waals surface area contributed by atoms with Crippen LogP contribution in [0.4, 0.5) is 18.9 Å². The number of carbonyl (C=O) groups excluding carboxylic acids is 1.